The van der Waals surface area contributed by atoms with E-state index in [1.54, 1.807) is 37.6 Å². The molecule has 0 unspecified atom stereocenters. The number of hydrogen-bond acceptors (Lipinski definition) is 4. The maximum atomic E-state index is 11.9. The number of hydrogen-bond donors (Lipinski definition) is 0. The van der Waals surface area contributed by atoms with E-state index in [0.29, 0.717) is 10.5 Å². The topological polar surface area (TPSA) is 52.6 Å². The number of ether oxygens (including phenoxy) is 2. The Labute approximate surface area is 126 Å². The minimum absolute atomic E-state index is 0.178. The predicted octanol–water partition coefficient (Wildman–Crippen LogP) is 2.79. The van der Waals surface area contributed by atoms with Gasteiger partial charge in [0.1, 0.15) is 12.4 Å². The lowest BCUT2D eigenvalue weighted by Crippen LogP contribution is -2.05. The summed E-state index contributed by atoms with van der Waals surface area (Å²) in [6.07, 6.45) is 1.59. The van der Waals surface area contributed by atoms with Crippen LogP contribution in [0.15, 0.2) is 53.4 Å². The van der Waals surface area contributed by atoms with Crippen molar-refractivity contribution in [2.45, 2.75) is 11.5 Å². The molecule has 0 amide bonds. The molecule has 0 radical (unpaired) electrons. The van der Waals surface area contributed by atoms with Crippen molar-refractivity contribution in [3.8, 4) is 5.75 Å². The standard InChI is InChI=1S/C16H16O4S/c1-19-14-5-3-4-12(10-14)11-20-16(17)13-6-8-15(9-7-13)21(2)18/h3-10H,11H2,1-2H3/t21-/m0/s1. The summed E-state index contributed by atoms with van der Waals surface area (Å²) in [7, 11) is 0.534. The molecule has 0 saturated carbocycles. The lowest BCUT2D eigenvalue weighted by molar-refractivity contribution is 0.0472. The molecule has 2 aromatic carbocycles. The van der Waals surface area contributed by atoms with Crippen molar-refractivity contribution in [1.29, 1.82) is 0 Å². The van der Waals surface area contributed by atoms with E-state index in [-0.39, 0.29) is 6.61 Å². The molecule has 0 bridgehead atoms. The van der Waals surface area contributed by atoms with Gasteiger partial charge in [0.05, 0.1) is 12.7 Å². The van der Waals surface area contributed by atoms with Crippen LogP contribution in [0, 0.1) is 0 Å². The number of rotatable bonds is 5. The molecule has 0 aromatic heterocycles. The van der Waals surface area contributed by atoms with Crippen LogP contribution in [0.5, 0.6) is 5.75 Å². The van der Waals surface area contributed by atoms with E-state index in [9.17, 15) is 9.00 Å². The first kappa shape index (κ1) is 15.3. The summed E-state index contributed by atoms with van der Waals surface area (Å²) in [6, 6.07) is 13.9. The summed E-state index contributed by atoms with van der Waals surface area (Å²) in [6.45, 7) is 0.178. The van der Waals surface area contributed by atoms with Crippen LogP contribution in [0.3, 0.4) is 0 Å². The fourth-order valence-electron chi connectivity index (χ4n) is 1.78. The van der Waals surface area contributed by atoms with Crippen LogP contribution in [-0.4, -0.2) is 23.5 Å². The van der Waals surface area contributed by atoms with Gasteiger partial charge in [0.15, 0.2) is 0 Å². The van der Waals surface area contributed by atoms with Crippen LogP contribution in [0.4, 0.5) is 0 Å². The quantitative estimate of drug-likeness (QED) is 0.797. The van der Waals surface area contributed by atoms with Gasteiger partial charge in [-0.05, 0) is 42.0 Å². The first-order valence-corrected chi connectivity index (χ1v) is 7.89. The van der Waals surface area contributed by atoms with Crippen LogP contribution in [0.25, 0.3) is 0 Å². The smallest absolute Gasteiger partial charge is 0.338 e. The first-order valence-electron chi connectivity index (χ1n) is 6.33. The average Bonchev–Trinajstić information content (AvgIpc) is 2.53. The van der Waals surface area contributed by atoms with E-state index >= 15 is 0 Å². The fourth-order valence-corrected chi connectivity index (χ4v) is 2.30. The molecule has 0 aliphatic heterocycles. The molecule has 110 valence electrons. The van der Waals surface area contributed by atoms with Crippen molar-refractivity contribution in [1.82, 2.24) is 0 Å². The molecular formula is C16H16O4S. The molecule has 5 heteroatoms. The summed E-state index contributed by atoms with van der Waals surface area (Å²) in [5.74, 6) is 0.310. The van der Waals surface area contributed by atoms with Crippen LogP contribution in [0.1, 0.15) is 15.9 Å². The van der Waals surface area contributed by atoms with Gasteiger partial charge in [-0.3, -0.25) is 4.21 Å². The highest BCUT2D eigenvalue weighted by molar-refractivity contribution is 7.84. The average molecular weight is 304 g/mol. The Balaban J connectivity index is 1.99. The second-order valence-electron chi connectivity index (χ2n) is 4.41. The highest BCUT2D eigenvalue weighted by atomic mass is 32.2. The summed E-state index contributed by atoms with van der Waals surface area (Å²) < 4.78 is 21.6. The number of carbonyl (C=O) groups excluding carboxylic acids is 1. The third kappa shape index (κ3) is 4.16. The summed E-state index contributed by atoms with van der Waals surface area (Å²) in [4.78, 5) is 12.6. The van der Waals surface area contributed by atoms with Crippen molar-refractivity contribution < 1.29 is 18.5 Å². The molecular weight excluding hydrogens is 288 g/mol. The van der Waals surface area contributed by atoms with Gasteiger partial charge in [-0.15, -0.1) is 0 Å². The Hall–Kier alpha value is -2.14. The maximum Gasteiger partial charge on any atom is 0.338 e. The molecule has 0 N–H and O–H groups in total. The Bertz CT molecular complexity index is 650. The zero-order valence-electron chi connectivity index (χ0n) is 11.9. The lowest BCUT2D eigenvalue weighted by Gasteiger charge is -2.07. The first-order chi connectivity index (χ1) is 10.1. The van der Waals surface area contributed by atoms with Crippen molar-refractivity contribution in [2.24, 2.45) is 0 Å². The van der Waals surface area contributed by atoms with Gasteiger partial charge in [0.25, 0.3) is 0 Å². The second kappa shape index (κ2) is 7.04. The maximum absolute atomic E-state index is 11.9. The van der Waals surface area contributed by atoms with E-state index in [0.717, 1.165) is 11.3 Å². The SMILES string of the molecule is COc1cccc(COC(=O)c2ccc([S@](C)=O)cc2)c1. The molecule has 0 spiro atoms. The second-order valence-corrected chi connectivity index (χ2v) is 5.79. The van der Waals surface area contributed by atoms with Gasteiger partial charge in [0, 0.05) is 22.0 Å². The predicted molar refractivity (Wildman–Crippen MR) is 80.9 cm³/mol. The normalized spacial score (nSPS) is 11.7. The Morgan fingerprint density at radius 2 is 1.86 bits per heavy atom. The van der Waals surface area contributed by atoms with Gasteiger partial charge in [-0.1, -0.05) is 12.1 Å². The van der Waals surface area contributed by atoms with E-state index in [2.05, 4.69) is 0 Å². The molecule has 0 fully saturated rings. The van der Waals surface area contributed by atoms with Crippen LogP contribution >= 0.6 is 0 Å². The van der Waals surface area contributed by atoms with Crippen LogP contribution in [-0.2, 0) is 22.1 Å². The molecule has 2 aromatic rings. The highest BCUT2D eigenvalue weighted by Crippen LogP contribution is 2.14. The lowest BCUT2D eigenvalue weighted by atomic mass is 10.2. The summed E-state index contributed by atoms with van der Waals surface area (Å²) in [5, 5.41) is 0. The van der Waals surface area contributed by atoms with Crippen molar-refractivity contribution >= 4 is 16.8 Å². The Morgan fingerprint density at radius 3 is 2.48 bits per heavy atom. The van der Waals surface area contributed by atoms with E-state index < -0.39 is 16.8 Å². The van der Waals surface area contributed by atoms with Crippen LogP contribution < -0.4 is 4.74 Å². The van der Waals surface area contributed by atoms with E-state index in [4.69, 9.17) is 9.47 Å². The molecule has 0 aliphatic rings. The van der Waals surface area contributed by atoms with E-state index in [1.165, 1.54) is 0 Å². The van der Waals surface area contributed by atoms with Gasteiger partial charge < -0.3 is 9.47 Å². The Kier molecular flexibility index (Phi) is 5.11. The van der Waals surface area contributed by atoms with Crippen molar-refractivity contribution in [3.05, 3.63) is 59.7 Å². The fraction of sp³-hybridized carbons (Fsp3) is 0.188. The molecule has 1 atom stereocenters. The van der Waals surface area contributed by atoms with Crippen LogP contribution in [0.2, 0.25) is 0 Å². The van der Waals surface area contributed by atoms with Crippen molar-refractivity contribution in [2.75, 3.05) is 13.4 Å². The van der Waals surface area contributed by atoms with Crippen molar-refractivity contribution in [3.63, 3.8) is 0 Å². The number of benzene rings is 2. The Morgan fingerprint density at radius 1 is 1.14 bits per heavy atom. The minimum atomic E-state index is -1.05. The third-order valence-corrected chi connectivity index (χ3v) is 3.86. The van der Waals surface area contributed by atoms with Gasteiger partial charge in [-0.25, -0.2) is 4.79 Å². The summed E-state index contributed by atoms with van der Waals surface area (Å²) in [5.41, 5.74) is 1.29. The minimum Gasteiger partial charge on any atom is -0.497 e. The third-order valence-electron chi connectivity index (χ3n) is 2.93. The van der Waals surface area contributed by atoms with Gasteiger partial charge >= 0.3 is 5.97 Å². The van der Waals surface area contributed by atoms with E-state index in [1.807, 2.05) is 24.3 Å². The monoisotopic (exact) mass is 304 g/mol. The molecule has 0 aliphatic carbocycles. The largest absolute Gasteiger partial charge is 0.497 e. The number of carbonyl (C=O) groups is 1. The molecule has 0 saturated heterocycles. The molecule has 4 nitrogen and oxygen atoms in total. The zero-order valence-corrected chi connectivity index (χ0v) is 12.7. The molecule has 21 heavy (non-hydrogen) atoms. The summed E-state index contributed by atoms with van der Waals surface area (Å²) >= 11 is 0. The number of methoxy groups -OCH3 is 1. The van der Waals surface area contributed by atoms with Gasteiger partial charge in [-0.2, -0.15) is 0 Å². The van der Waals surface area contributed by atoms with Gasteiger partial charge in [0.2, 0.25) is 0 Å². The highest BCUT2D eigenvalue weighted by Gasteiger charge is 2.08. The number of esters is 1. The molecule has 2 rings (SSSR count). The zero-order chi connectivity index (χ0) is 15.2. The molecule has 0 heterocycles.